The fourth-order valence-electron chi connectivity index (χ4n) is 2.56. The average Bonchev–Trinajstić information content (AvgIpc) is 3.23. The predicted molar refractivity (Wildman–Crippen MR) is 76.4 cm³/mol. The first-order valence-electron chi connectivity index (χ1n) is 7.55. The molecule has 1 aliphatic rings. The molecule has 0 aromatic rings. The van der Waals surface area contributed by atoms with Gasteiger partial charge in [0.25, 0.3) is 0 Å². The lowest BCUT2D eigenvalue weighted by Gasteiger charge is -2.33. The molecular weight excluding hydrogens is 222 g/mol. The van der Waals surface area contributed by atoms with Crippen molar-refractivity contribution in [1.29, 1.82) is 5.26 Å². The van der Waals surface area contributed by atoms with Crippen LogP contribution in [-0.2, 0) is 0 Å². The minimum Gasteiger partial charge on any atom is -0.301 e. The molecule has 0 aromatic carbocycles. The van der Waals surface area contributed by atoms with Crippen LogP contribution in [0, 0.1) is 17.2 Å². The third kappa shape index (κ3) is 4.26. The van der Waals surface area contributed by atoms with E-state index in [-0.39, 0.29) is 5.54 Å². The van der Waals surface area contributed by atoms with E-state index in [4.69, 9.17) is 0 Å². The van der Waals surface area contributed by atoms with Crippen LogP contribution < -0.4 is 5.32 Å². The topological polar surface area (TPSA) is 39.1 Å². The van der Waals surface area contributed by atoms with Crippen LogP contribution in [0.2, 0.25) is 0 Å². The van der Waals surface area contributed by atoms with E-state index in [1.807, 2.05) is 7.05 Å². The van der Waals surface area contributed by atoms with Crippen LogP contribution in [0.1, 0.15) is 52.4 Å². The van der Waals surface area contributed by atoms with E-state index < -0.39 is 0 Å². The summed E-state index contributed by atoms with van der Waals surface area (Å²) in [6.45, 7) is 7.62. The maximum Gasteiger partial charge on any atom is 0.122 e. The summed E-state index contributed by atoms with van der Waals surface area (Å²) in [6.07, 6.45) is 7.35. The Morgan fingerprint density at radius 3 is 2.11 bits per heavy atom. The lowest BCUT2D eigenvalue weighted by atomic mass is 9.94. The van der Waals surface area contributed by atoms with Gasteiger partial charge in [-0.3, -0.25) is 0 Å². The van der Waals surface area contributed by atoms with Gasteiger partial charge in [0.1, 0.15) is 5.54 Å². The minimum absolute atomic E-state index is 0.304. The van der Waals surface area contributed by atoms with Gasteiger partial charge in [-0.1, -0.05) is 26.7 Å². The summed E-state index contributed by atoms with van der Waals surface area (Å²) in [7, 11) is 1.94. The highest BCUT2D eigenvalue weighted by Gasteiger charge is 2.45. The van der Waals surface area contributed by atoms with Crippen LogP contribution in [0.3, 0.4) is 0 Å². The third-order valence-electron chi connectivity index (χ3n) is 4.05. The summed E-state index contributed by atoms with van der Waals surface area (Å²) in [4.78, 5) is 2.49. The molecule has 1 atom stereocenters. The summed E-state index contributed by atoms with van der Waals surface area (Å²) in [5, 5.41) is 12.9. The molecule has 18 heavy (non-hydrogen) atoms. The molecule has 0 saturated heterocycles. The maximum atomic E-state index is 9.55. The van der Waals surface area contributed by atoms with E-state index in [0.29, 0.717) is 5.92 Å². The van der Waals surface area contributed by atoms with Crippen molar-refractivity contribution in [1.82, 2.24) is 10.2 Å². The molecule has 0 aliphatic heterocycles. The van der Waals surface area contributed by atoms with E-state index in [9.17, 15) is 5.26 Å². The molecule has 1 N–H and O–H groups in total. The van der Waals surface area contributed by atoms with Gasteiger partial charge in [-0.2, -0.15) is 5.26 Å². The van der Waals surface area contributed by atoms with E-state index in [2.05, 4.69) is 30.1 Å². The molecule has 3 nitrogen and oxygen atoms in total. The van der Waals surface area contributed by atoms with Crippen molar-refractivity contribution in [3.8, 4) is 6.07 Å². The minimum atomic E-state index is -0.304. The van der Waals surface area contributed by atoms with Gasteiger partial charge in [0.2, 0.25) is 0 Å². The van der Waals surface area contributed by atoms with Crippen LogP contribution in [0.15, 0.2) is 0 Å². The van der Waals surface area contributed by atoms with E-state index in [1.54, 1.807) is 0 Å². The normalized spacial score (nSPS) is 18.6. The van der Waals surface area contributed by atoms with Crippen molar-refractivity contribution in [3.63, 3.8) is 0 Å². The number of hydrogen-bond acceptors (Lipinski definition) is 3. The molecule has 1 rings (SSSR count). The molecule has 0 heterocycles. The Kier molecular flexibility index (Phi) is 6.67. The highest BCUT2D eigenvalue weighted by molar-refractivity contribution is 5.16. The number of nitrogens with one attached hydrogen (secondary N) is 1. The summed E-state index contributed by atoms with van der Waals surface area (Å²) >= 11 is 0. The smallest absolute Gasteiger partial charge is 0.122 e. The van der Waals surface area contributed by atoms with Crippen molar-refractivity contribution < 1.29 is 0 Å². The molecule has 104 valence electrons. The van der Waals surface area contributed by atoms with Gasteiger partial charge in [-0.25, -0.2) is 0 Å². The van der Waals surface area contributed by atoms with Gasteiger partial charge in [0.05, 0.1) is 6.07 Å². The highest BCUT2D eigenvalue weighted by Crippen LogP contribution is 2.39. The first-order chi connectivity index (χ1) is 8.72. The van der Waals surface area contributed by atoms with Gasteiger partial charge in [-0.15, -0.1) is 0 Å². The van der Waals surface area contributed by atoms with Crippen LogP contribution in [0.5, 0.6) is 0 Å². The molecule has 0 aromatic heterocycles. The molecule has 3 heteroatoms. The average molecular weight is 251 g/mol. The molecule has 0 radical (unpaired) electrons. The number of hydrogen-bond donors (Lipinski definition) is 1. The second-order valence-electron chi connectivity index (χ2n) is 5.59. The SMILES string of the molecule is CCCCN(CCCC)CC(C#N)(NC)C1CC1. The molecule has 0 amide bonds. The largest absolute Gasteiger partial charge is 0.301 e. The van der Waals surface area contributed by atoms with Crippen molar-refractivity contribution in [2.24, 2.45) is 5.92 Å². The van der Waals surface area contributed by atoms with Gasteiger partial charge in [-0.05, 0) is 51.7 Å². The maximum absolute atomic E-state index is 9.55. The van der Waals surface area contributed by atoms with Gasteiger partial charge in [0.15, 0.2) is 0 Å². The lowest BCUT2D eigenvalue weighted by Crippen LogP contribution is -2.53. The first-order valence-corrected chi connectivity index (χ1v) is 7.55. The van der Waals surface area contributed by atoms with Crippen molar-refractivity contribution in [3.05, 3.63) is 0 Å². The highest BCUT2D eigenvalue weighted by atomic mass is 15.2. The second kappa shape index (κ2) is 7.76. The zero-order valence-electron chi connectivity index (χ0n) is 12.3. The van der Waals surface area contributed by atoms with E-state index >= 15 is 0 Å². The first kappa shape index (κ1) is 15.5. The van der Waals surface area contributed by atoms with E-state index in [1.165, 1.54) is 38.5 Å². The van der Waals surface area contributed by atoms with Gasteiger partial charge < -0.3 is 10.2 Å². The number of nitrogens with zero attached hydrogens (tertiary/aromatic N) is 2. The van der Waals surface area contributed by atoms with Crippen molar-refractivity contribution in [2.75, 3.05) is 26.7 Å². The van der Waals surface area contributed by atoms with Crippen molar-refractivity contribution >= 4 is 0 Å². The predicted octanol–water partition coefficient (Wildman–Crippen LogP) is 2.78. The summed E-state index contributed by atoms with van der Waals surface area (Å²) in [6, 6.07) is 2.56. The Labute approximate surface area is 113 Å². The Bertz CT molecular complexity index is 259. The Balaban J connectivity index is 2.57. The van der Waals surface area contributed by atoms with Crippen LogP contribution in [0.4, 0.5) is 0 Å². The fourth-order valence-corrected chi connectivity index (χ4v) is 2.56. The molecule has 0 spiro atoms. The van der Waals surface area contributed by atoms with Crippen LogP contribution in [-0.4, -0.2) is 37.1 Å². The second-order valence-corrected chi connectivity index (χ2v) is 5.59. The molecule has 1 aliphatic carbocycles. The fraction of sp³-hybridized carbons (Fsp3) is 0.933. The lowest BCUT2D eigenvalue weighted by molar-refractivity contribution is 0.197. The van der Waals surface area contributed by atoms with E-state index in [0.717, 1.165) is 19.6 Å². The van der Waals surface area contributed by atoms with Gasteiger partial charge >= 0.3 is 0 Å². The molecule has 1 unspecified atom stereocenters. The number of rotatable bonds is 10. The zero-order valence-corrected chi connectivity index (χ0v) is 12.3. The monoisotopic (exact) mass is 251 g/mol. The quantitative estimate of drug-likeness (QED) is 0.649. The van der Waals surface area contributed by atoms with Crippen LogP contribution >= 0.6 is 0 Å². The summed E-state index contributed by atoms with van der Waals surface area (Å²) in [5.74, 6) is 0.568. The standard InChI is InChI=1S/C15H29N3/c1-4-6-10-18(11-7-5-2)13-15(12-16,17-3)14-8-9-14/h14,17H,4-11,13H2,1-3H3. The Morgan fingerprint density at radius 1 is 1.22 bits per heavy atom. The molecule has 0 bridgehead atoms. The zero-order chi connectivity index (χ0) is 13.4. The Morgan fingerprint density at radius 2 is 1.78 bits per heavy atom. The van der Waals surface area contributed by atoms with Gasteiger partial charge in [0, 0.05) is 6.54 Å². The number of nitriles is 1. The molecule has 1 saturated carbocycles. The van der Waals surface area contributed by atoms with Crippen molar-refractivity contribution in [2.45, 2.75) is 57.9 Å². The summed E-state index contributed by atoms with van der Waals surface area (Å²) in [5.41, 5.74) is -0.304. The molecular formula is C15H29N3. The molecule has 1 fully saturated rings. The third-order valence-corrected chi connectivity index (χ3v) is 4.05. The number of unbranched alkanes of at least 4 members (excludes halogenated alkanes) is 2. The Hall–Kier alpha value is -0.590. The number of likely N-dealkylation sites (N-methyl/N-ethyl adjacent to an activating group) is 1. The van der Waals surface area contributed by atoms with Crippen LogP contribution in [0.25, 0.3) is 0 Å². The summed E-state index contributed by atoms with van der Waals surface area (Å²) < 4.78 is 0.